The van der Waals surface area contributed by atoms with Gasteiger partial charge in [0.15, 0.2) is 0 Å². The van der Waals surface area contributed by atoms with Gasteiger partial charge in [-0.25, -0.2) is 0 Å². The smallest absolute Gasteiger partial charge is 0.137 e. The summed E-state index contributed by atoms with van der Waals surface area (Å²) in [5.74, 6) is 1.66. The monoisotopic (exact) mass is 868 g/mol. The Morgan fingerprint density at radius 3 is 1.49 bits per heavy atom. The molecular formula is C65H44N2O. The van der Waals surface area contributed by atoms with Crippen LogP contribution in [0, 0.1) is 0 Å². The third-order valence-electron chi connectivity index (χ3n) is 13.9. The zero-order valence-electron chi connectivity index (χ0n) is 37.2. The molecule has 1 heterocycles. The van der Waals surface area contributed by atoms with Crippen LogP contribution in [-0.2, 0) is 5.41 Å². The second kappa shape index (κ2) is 16.2. The van der Waals surface area contributed by atoms with Gasteiger partial charge in [-0.3, -0.25) is 0 Å². The maximum atomic E-state index is 7.05. The van der Waals surface area contributed by atoms with Gasteiger partial charge in [-0.15, -0.1) is 0 Å². The van der Waals surface area contributed by atoms with Crippen LogP contribution in [0.2, 0.25) is 0 Å². The van der Waals surface area contributed by atoms with E-state index in [0.29, 0.717) is 0 Å². The van der Waals surface area contributed by atoms with Crippen molar-refractivity contribution >= 4 is 44.9 Å². The van der Waals surface area contributed by atoms with E-state index in [1.807, 2.05) is 0 Å². The molecule has 0 N–H and O–H groups in total. The lowest BCUT2D eigenvalue weighted by atomic mass is 9.67. The molecular weight excluding hydrogens is 825 g/mol. The van der Waals surface area contributed by atoms with Gasteiger partial charge in [0, 0.05) is 50.7 Å². The van der Waals surface area contributed by atoms with E-state index in [0.717, 1.165) is 78.6 Å². The number of rotatable bonds is 9. The van der Waals surface area contributed by atoms with Crippen molar-refractivity contribution in [3.63, 3.8) is 0 Å². The zero-order chi connectivity index (χ0) is 45.0. The van der Waals surface area contributed by atoms with Crippen molar-refractivity contribution in [3.05, 3.63) is 289 Å². The van der Waals surface area contributed by atoms with Crippen LogP contribution < -0.4 is 14.5 Å². The lowest BCUT2D eigenvalue weighted by molar-refractivity contribution is 0.487. The number of nitrogens with zero attached hydrogens (tertiary/aromatic N) is 2. The zero-order valence-corrected chi connectivity index (χ0v) is 37.2. The molecule has 68 heavy (non-hydrogen) atoms. The normalized spacial score (nSPS) is 12.6. The van der Waals surface area contributed by atoms with E-state index in [4.69, 9.17) is 4.74 Å². The number of benzene rings is 11. The molecule has 320 valence electrons. The lowest BCUT2D eigenvalue weighted by Crippen LogP contribution is -2.28. The van der Waals surface area contributed by atoms with Crippen LogP contribution in [-0.4, -0.2) is 0 Å². The molecule has 11 aromatic carbocycles. The summed E-state index contributed by atoms with van der Waals surface area (Å²) in [6, 6.07) is 96.4. The molecule has 3 heteroatoms. The van der Waals surface area contributed by atoms with Gasteiger partial charge < -0.3 is 14.5 Å². The first-order valence-corrected chi connectivity index (χ1v) is 23.3. The van der Waals surface area contributed by atoms with Crippen molar-refractivity contribution in [1.29, 1.82) is 0 Å². The van der Waals surface area contributed by atoms with Gasteiger partial charge in [0.25, 0.3) is 0 Å². The fraction of sp³-hybridized carbons (Fsp3) is 0.0154. The summed E-state index contributed by atoms with van der Waals surface area (Å²) >= 11 is 0. The summed E-state index contributed by atoms with van der Waals surface area (Å²) in [5, 5.41) is 2.21. The highest BCUT2D eigenvalue weighted by Gasteiger charge is 2.46. The Kier molecular flexibility index (Phi) is 9.40. The number of fused-ring (bicyclic) bond motifs is 5. The summed E-state index contributed by atoms with van der Waals surface area (Å²) in [6.45, 7) is 0. The van der Waals surface area contributed by atoms with E-state index in [-0.39, 0.29) is 0 Å². The molecule has 3 nitrogen and oxygen atoms in total. The standard InChI is InChI=1S/C65H44N2O/c1-6-21-45(22-7-1)52-31-17-19-35-60(52)67(49-29-14-5-15-30-49)51-38-40-55-56-41-42-61(57-33-20-36-62(64(56)57)68-63(55)44-51)66(48-27-12-4-13-28-48)50-37-39-54-53-32-16-18-34-58(53)65(59(54)43-50,46-23-8-2-9-24-46)47-25-10-3-11-26-47/h1-44H. The summed E-state index contributed by atoms with van der Waals surface area (Å²) in [5.41, 5.74) is 18.0. The van der Waals surface area contributed by atoms with Gasteiger partial charge in [-0.2, -0.15) is 0 Å². The molecule has 0 saturated carbocycles. The van der Waals surface area contributed by atoms with Gasteiger partial charge in [0.05, 0.1) is 16.8 Å². The van der Waals surface area contributed by atoms with E-state index < -0.39 is 5.41 Å². The number of para-hydroxylation sites is 3. The van der Waals surface area contributed by atoms with E-state index >= 15 is 0 Å². The van der Waals surface area contributed by atoms with Crippen LogP contribution in [0.5, 0.6) is 11.5 Å². The molecule has 0 aromatic heterocycles. The van der Waals surface area contributed by atoms with Crippen LogP contribution in [0.1, 0.15) is 22.3 Å². The number of anilines is 6. The molecule has 2 aliphatic rings. The largest absolute Gasteiger partial charge is 0.456 e. The second-order valence-corrected chi connectivity index (χ2v) is 17.6. The van der Waals surface area contributed by atoms with Crippen LogP contribution in [0.4, 0.5) is 34.1 Å². The highest BCUT2D eigenvalue weighted by molar-refractivity contribution is 6.11. The molecule has 0 spiro atoms. The molecule has 1 aliphatic carbocycles. The number of hydrogen-bond acceptors (Lipinski definition) is 3. The average molecular weight is 869 g/mol. The topological polar surface area (TPSA) is 15.7 Å². The molecule has 13 rings (SSSR count). The predicted molar refractivity (Wildman–Crippen MR) is 282 cm³/mol. The van der Waals surface area contributed by atoms with Crippen molar-refractivity contribution in [1.82, 2.24) is 0 Å². The summed E-state index contributed by atoms with van der Waals surface area (Å²) in [6.07, 6.45) is 0. The van der Waals surface area contributed by atoms with Crippen LogP contribution in [0.3, 0.4) is 0 Å². The molecule has 0 atom stereocenters. The fourth-order valence-electron chi connectivity index (χ4n) is 11.0. The number of hydrogen-bond donors (Lipinski definition) is 0. The first-order chi connectivity index (χ1) is 33.8. The second-order valence-electron chi connectivity index (χ2n) is 17.6. The Morgan fingerprint density at radius 2 is 0.809 bits per heavy atom. The Hall–Kier alpha value is -8.92. The molecule has 0 bridgehead atoms. The number of ether oxygens (including phenoxy) is 1. The van der Waals surface area contributed by atoms with Gasteiger partial charge in [0.1, 0.15) is 11.5 Å². The molecule has 11 aromatic rings. The third kappa shape index (κ3) is 6.21. The van der Waals surface area contributed by atoms with E-state index in [1.54, 1.807) is 0 Å². The van der Waals surface area contributed by atoms with Gasteiger partial charge in [-0.05, 0) is 111 Å². The molecule has 0 fully saturated rings. The Morgan fingerprint density at radius 1 is 0.294 bits per heavy atom. The minimum absolute atomic E-state index is 0.525. The van der Waals surface area contributed by atoms with Crippen LogP contribution in [0.25, 0.3) is 44.2 Å². The lowest BCUT2D eigenvalue weighted by Gasteiger charge is -2.35. The third-order valence-corrected chi connectivity index (χ3v) is 13.9. The molecule has 0 amide bonds. The van der Waals surface area contributed by atoms with Crippen molar-refractivity contribution in [3.8, 4) is 44.9 Å². The summed E-state index contributed by atoms with van der Waals surface area (Å²) in [7, 11) is 0. The van der Waals surface area contributed by atoms with Gasteiger partial charge >= 0.3 is 0 Å². The van der Waals surface area contributed by atoms with E-state index in [9.17, 15) is 0 Å². The van der Waals surface area contributed by atoms with E-state index in [2.05, 4.69) is 277 Å². The first-order valence-electron chi connectivity index (χ1n) is 23.3. The van der Waals surface area contributed by atoms with Crippen molar-refractivity contribution in [2.24, 2.45) is 0 Å². The Labute approximate surface area is 397 Å². The predicted octanol–water partition coefficient (Wildman–Crippen LogP) is 17.6. The molecule has 0 saturated heterocycles. The summed E-state index contributed by atoms with van der Waals surface area (Å²) < 4.78 is 7.05. The highest BCUT2D eigenvalue weighted by atomic mass is 16.5. The molecule has 0 radical (unpaired) electrons. The Bertz CT molecular complexity index is 3610. The molecule has 0 unspecified atom stereocenters. The highest BCUT2D eigenvalue weighted by Crippen LogP contribution is 2.58. The summed E-state index contributed by atoms with van der Waals surface area (Å²) in [4.78, 5) is 4.76. The van der Waals surface area contributed by atoms with Crippen LogP contribution in [0.15, 0.2) is 267 Å². The van der Waals surface area contributed by atoms with Crippen molar-refractivity contribution < 1.29 is 4.74 Å². The van der Waals surface area contributed by atoms with E-state index in [1.165, 1.54) is 33.4 Å². The van der Waals surface area contributed by atoms with Gasteiger partial charge in [-0.1, -0.05) is 194 Å². The Balaban J connectivity index is 0.973. The van der Waals surface area contributed by atoms with Crippen molar-refractivity contribution in [2.45, 2.75) is 5.41 Å². The fourth-order valence-corrected chi connectivity index (χ4v) is 11.0. The average Bonchev–Trinajstić information content (AvgIpc) is 3.71. The maximum Gasteiger partial charge on any atom is 0.137 e. The quantitative estimate of drug-likeness (QED) is 0.144. The minimum atomic E-state index is -0.525. The molecule has 1 aliphatic heterocycles. The minimum Gasteiger partial charge on any atom is -0.456 e. The maximum absolute atomic E-state index is 7.05. The van der Waals surface area contributed by atoms with Crippen molar-refractivity contribution in [2.75, 3.05) is 9.80 Å². The SMILES string of the molecule is c1ccc(-c2ccccc2N(c2ccccc2)c2ccc3c(c2)Oc2cccc4c(N(c5ccccc5)c5ccc6c(c5)C(c5ccccc5)(c5ccccc5)c5ccccc5-6)ccc-3c24)cc1. The first kappa shape index (κ1) is 39.4. The van der Waals surface area contributed by atoms with Crippen LogP contribution >= 0.6 is 0 Å². The van der Waals surface area contributed by atoms with Gasteiger partial charge in [0.2, 0.25) is 0 Å².